The zero-order valence-corrected chi connectivity index (χ0v) is 40.6. The zero-order valence-electron chi connectivity index (χ0n) is 40.6. The van der Waals surface area contributed by atoms with Crippen molar-refractivity contribution in [2.24, 2.45) is 0 Å². The molecule has 0 saturated heterocycles. The first-order chi connectivity index (χ1) is 33.3. The van der Waals surface area contributed by atoms with Gasteiger partial charge in [0.25, 0.3) is 0 Å². The highest BCUT2D eigenvalue weighted by Gasteiger charge is 2.32. The molecule has 1 aliphatic heterocycles. The molecule has 0 radical (unpaired) electrons. The van der Waals surface area contributed by atoms with Crippen molar-refractivity contribution in [1.82, 2.24) is 9.55 Å². The molecule has 8 aromatic carbocycles. The second-order valence-corrected chi connectivity index (χ2v) is 20.6. The fourth-order valence-electron chi connectivity index (χ4n) is 10.2. The topological polar surface area (TPSA) is 33.5 Å². The van der Waals surface area contributed by atoms with Crippen LogP contribution in [-0.2, 0) is 16.2 Å². The number of ether oxygens (including phenoxy) is 1. The first-order valence-electron chi connectivity index (χ1n) is 24.1. The van der Waals surface area contributed by atoms with Crippen molar-refractivity contribution >= 4 is 44.6 Å². The first-order valence-corrected chi connectivity index (χ1v) is 24.1. The minimum atomic E-state index is -0.233. The van der Waals surface area contributed by atoms with E-state index in [1.54, 1.807) is 0 Å². The van der Waals surface area contributed by atoms with Crippen LogP contribution in [0.25, 0.3) is 38.8 Å². The molecule has 5 heteroatoms. The van der Waals surface area contributed by atoms with Gasteiger partial charge in [0.15, 0.2) is 0 Å². The van der Waals surface area contributed by atoms with Gasteiger partial charge in [-0.2, -0.15) is 0 Å². The summed E-state index contributed by atoms with van der Waals surface area (Å²) in [5.41, 5.74) is 15.0. The van der Waals surface area contributed by atoms with E-state index in [0.717, 1.165) is 50.5 Å². The molecule has 0 amide bonds. The Kier molecular flexibility index (Phi) is 10.8. The van der Waals surface area contributed by atoms with Crippen LogP contribution in [-0.4, -0.2) is 16.2 Å². The van der Waals surface area contributed by atoms with Gasteiger partial charge in [0.05, 0.1) is 22.4 Å². The summed E-state index contributed by atoms with van der Waals surface area (Å²) < 4.78 is 9.17. The molecule has 1 aliphatic rings. The second-order valence-electron chi connectivity index (χ2n) is 20.6. The third kappa shape index (κ3) is 8.02. The van der Waals surface area contributed by atoms with E-state index in [0.29, 0.717) is 6.67 Å². The number of rotatable bonds is 10. The molecule has 11 rings (SSSR count). The van der Waals surface area contributed by atoms with E-state index in [4.69, 9.17) is 9.72 Å². The summed E-state index contributed by atoms with van der Waals surface area (Å²) in [4.78, 5) is 9.90. The highest BCUT2D eigenvalue weighted by Crippen LogP contribution is 2.47. The Labute approximate surface area is 406 Å². The summed E-state index contributed by atoms with van der Waals surface area (Å²) in [5, 5.41) is 2.30. The van der Waals surface area contributed by atoms with E-state index < -0.39 is 0 Å². The van der Waals surface area contributed by atoms with Crippen molar-refractivity contribution in [3.63, 3.8) is 0 Å². The Morgan fingerprint density at radius 2 is 1.01 bits per heavy atom. The highest BCUT2D eigenvalue weighted by atomic mass is 16.5. The zero-order chi connectivity index (χ0) is 47.5. The number of benzene rings is 8. The van der Waals surface area contributed by atoms with Gasteiger partial charge in [0.1, 0.15) is 24.0 Å². The number of nitrogens with zero attached hydrogens (tertiary/aromatic N) is 4. The van der Waals surface area contributed by atoms with Gasteiger partial charge in [-0.1, -0.05) is 170 Å². The Balaban J connectivity index is 0.963. The molecule has 69 heavy (non-hydrogen) atoms. The third-order valence-corrected chi connectivity index (χ3v) is 14.5. The molecule has 0 unspecified atom stereocenters. The molecule has 2 aromatic heterocycles. The molecule has 0 spiro atoms. The van der Waals surface area contributed by atoms with Crippen molar-refractivity contribution < 1.29 is 4.74 Å². The quantitative estimate of drug-likeness (QED) is 0.137. The van der Waals surface area contributed by atoms with E-state index >= 15 is 0 Å². The number of para-hydroxylation sites is 2. The maximum atomic E-state index is 6.88. The lowest BCUT2D eigenvalue weighted by atomic mass is 9.75. The second kappa shape index (κ2) is 17.0. The fraction of sp³-hybridized carbons (Fsp3) is 0.172. The number of pyridine rings is 1. The molecule has 0 aliphatic carbocycles. The van der Waals surface area contributed by atoms with Crippen molar-refractivity contribution in [1.29, 1.82) is 0 Å². The lowest BCUT2D eigenvalue weighted by molar-refractivity contribution is 0.483. The van der Waals surface area contributed by atoms with Crippen LogP contribution in [0.5, 0.6) is 11.5 Å². The predicted octanol–water partition coefficient (Wildman–Crippen LogP) is 16.8. The monoisotopic (exact) mass is 898 g/mol. The van der Waals surface area contributed by atoms with Crippen LogP contribution >= 0.6 is 0 Å². The molecule has 0 atom stereocenters. The summed E-state index contributed by atoms with van der Waals surface area (Å²) in [6, 6.07) is 74.3. The average molecular weight is 899 g/mol. The Morgan fingerprint density at radius 3 is 1.70 bits per heavy atom. The van der Waals surface area contributed by atoms with E-state index in [-0.39, 0.29) is 16.2 Å². The molecule has 0 saturated carbocycles. The Hall–Kier alpha value is -7.89. The molecule has 0 N–H and O–H groups in total. The van der Waals surface area contributed by atoms with Crippen molar-refractivity contribution in [3.8, 4) is 28.4 Å². The van der Waals surface area contributed by atoms with Gasteiger partial charge in [-0.15, -0.1) is 0 Å². The molecule has 3 heterocycles. The van der Waals surface area contributed by atoms with Gasteiger partial charge in [0.2, 0.25) is 0 Å². The number of hydrogen-bond acceptors (Lipinski definition) is 4. The lowest BCUT2D eigenvalue weighted by Gasteiger charge is -2.31. The average Bonchev–Trinajstić information content (AvgIpc) is 3.93. The van der Waals surface area contributed by atoms with Gasteiger partial charge in [0, 0.05) is 51.3 Å². The van der Waals surface area contributed by atoms with Crippen LogP contribution in [0.4, 0.5) is 22.7 Å². The fourth-order valence-corrected chi connectivity index (χ4v) is 10.2. The molecular formula is C64H58N4O. The Bertz CT molecular complexity index is 3490. The van der Waals surface area contributed by atoms with Crippen LogP contribution in [0.2, 0.25) is 0 Å². The van der Waals surface area contributed by atoms with Crippen molar-refractivity contribution in [3.05, 3.63) is 240 Å². The standard InChI is InChI=1S/C64H58N4O/c1-62(2,3)49-37-50(64(6,7)47-24-15-10-16-25-47)39-52(38-49)67-43-66(58-28-17-18-29-59(58)67)51-26-19-27-53(41-51)69-54-31-32-55-56-36-45(44-20-11-8-12-21-44)30-33-57(56)68(60(55)42-54)61-40-48(34-35-65-61)63(4,5)46-22-13-9-14-23-46/h8-42H,43H2,1-7H3. The van der Waals surface area contributed by atoms with Crippen LogP contribution in [0, 0.1) is 0 Å². The van der Waals surface area contributed by atoms with Crippen LogP contribution < -0.4 is 14.5 Å². The van der Waals surface area contributed by atoms with Crippen LogP contribution in [0.1, 0.15) is 76.3 Å². The van der Waals surface area contributed by atoms with Crippen LogP contribution in [0.15, 0.2) is 212 Å². The van der Waals surface area contributed by atoms with E-state index in [1.165, 1.54) is 50.3 Å². The number of anilines is 4. The smallest absolute Gasteiger partial charge is 0.137 e. The lowest BCUT2D eigenvalue weighted by Crippen LogP contribution is -2.26. The van der Waals surface area contributed by atoms with E-state index in [1.807, 2.05) is 6.20 Å². The maximum absolute atomic E-state index is 6.88. The highest BCUT2D eigenvalue weighted by molar-refractivity contribution is 6.10. The summed E-state index contributed by atoms with van der Waals surface area (Å²) in [7, 11) is 0. The summed E-state index contributed by atoms with van der Waals surface area (Å²) >= 11 is 0. The Morgan fingerprint density at radius 1 is 0.406 bits per heavy atom. The summed E-state index contributed by atoms with van der Waals surface area (Å²) in [6.07, 6.45) is 1.94. The van der Waals surface area contributed by atoms with Crippen molar-refractivity contribution in [2.75, 3.05) is 16.5 Å². The van der Waals surface area contributed by atoms with Crippen molar-refractivity contribution in [2.45, 2.75) is 64.7 Å². The number of aromatic nitrogens is 2. The minimum Gasteiger partial charge on any atom is -0.457 e. The molecule has 10 aromatic rings. The van der Waals surface area contributed by atoms with Gasteiger partial charge in [-0.25, -0.2) is 4.98 Å². The first kappa shape index (κ1) is 43.7. The molecule has 0 bridgehead atoms. The summed E-state index contributed by atoms with van der Waals surface area (Å²) in [5.74, 6) is 2.39. The minimum absolute atomic E-state index is 0.0373. The molecular weight excluding hydrogens is 841 g/mol. The van der Waals surface area contributed by atoms with Gasteiger partial charge in [-0.05, 0) is 117 Å². The molecule has 5 nitrogen and oxygen atoms in total. The molecule has 340 valence electrons. The molecule has 0 fully saturated rings. The largest absolute Gasteiger partial charge is 0.457 e. The van der Waals surface area contributed by atoms with Gasteiger partial charge < -0.3 is 14.5 Å². The third-order valence-electron chi connectivity index (χ3n) is 14.5. The predicted molar refractivity (Wildman–Crippen MR) is 288 cm³/mol. The van der Waals surface area contributed by atoms with E-state index in [2.05, 4.69) is 269 Å². The van der Waals surface area contributed by atoms with Crippen LogP contribution in [0.3, 0.4) is 0 Å². The van der Waals surface area contributed by atoms with Gasteiger partial charge >= 0.3 is 0 Å². The number of hydrogen-bond donors (Lipinski definition) is 0. The van der Waals surface area contributed by atoms with E-state index in [9.17, 15) is 0 Å². The number of fused-ring (bicyclic) bond motifs is 4. The summed E-state index contributed by atoms with van der Waals surface area (Å²) in [6.45, 7) is 16.8. The maximum Gasteiger partial charge on any atom is 0.137 e. The van der Waals surface area contributed by atoms with Gasteiger partial charge in [-0.3, -0.25) is 4.57 Å². The normalized spacial score (nSPS) is 13.0. The SMILES string of the molecule is CC(C)(C)c1cc(N2CN(c3cccc(Oc4ccc5c6cc(-c7ccccc7)ccc6n(-c6cc(C(C)(C)c7ccccc7)ccn6)c5c4)c3)c3ccccc32)cc(C(C)(C)c2ccccc2)c1.